The van der Waals surface area contributed by atoms with E-state index in [0.717, 1.165) is 29.3 Å². The third-order valence-electron chi connectivity index (χ3n) is 4.48. The Kier molecular flexibility index (Phi) is 8.76. The van der Waals surface area contributed by atoms with E-state index in [-0.39, 0.29) is 12.5 Å². The highest BCUT2D eigenvalue weighted by molar-refractivity contribution is 5.93. The van der Waals surface area contributed by atoms with Gasteiger partial charge in [0.25, 0.3) is 0 Å². The van der Waals surface area contributed by atoms with Gasteiger partial charge in [0, 0.05) is 31.0 Å². The fourth-order valence-corrected chi connectivity index (χ4v) is 2.89. The molecule has 0 unspecified atom stereocenters. The molecule has 3 aromatic rings. The van der Waals surface area contributed by atoms with Gasteiger partial charge in [-0.05, 0) is 42.0 Å². The van der Waals surface area contributed by atoms with Crippen molar-refractivity contribution in [2.24, 2.45) is 0 Å². The number of benzene rings is 3. The lowest BCUT2D eigenvalue weighted by atomic mass is 10.2. The molecule has 0 aliphatic rings. The van der Waals surface area contributed by atoms with Crippen molar-refractivity contribution < 1.29 is 19.0 Å². The summed E-state index contributed by atoms with van der Waals surface area (Å²) in [5.74, 6) is 1.37. The van der Waals surface area contributed by atoms with Crippen molar-refractivity contribution in [1.82, 2.24) is 0 Å². The van der Waals surface area contributed by atoms with E-state index in [0.29, 0.717) is 19.8 Å². The van der Waals surface area contributed by atoms with Gasteiger partial charge >= 0.3 is 0 Å². The van der Waals surface area contributed by atoms with E-state index in [1.807, 2.05) is 66.7 Å². The molecule has 0 bridgehead atoms. The monoisotopic (exact) mass is 420 g/mol. The van der Waals surface area contributed by atoms with E-state index in [9.17, 15) is 4.79 Å². The Hall–Kier alpha value is -3.51. The van der Waals surface area contributed by atoms with Crippen molar-refractivity contribution in [3.63, 3.8) is 0 Å². The molecule has 3 aromatic carbocycles. The number of hydrogen-bond donors (Lipinski definition) is 2. The molecule has 0 aliphatic heterocycles. The van der Waals surface area contributed by atoms with Gasteiger partial charge in [0.15, 0.2) is 0 Å². The largest absolute Gasteiger partial charge is 0.493 e. The van der Waals surface area contributed by atoms with Gasteiger partial charge in [-0.1, -0.05) is 36.4 Å². The van der Waals surface area contributed by atoms with Gasteiger partial charge in [-0.2, -0.15) is 0 Å². The predicted octanol–water partition coefficient (Wildman–Crippen LogP) is 4.38. The maximum absolute atomic E-state index is 12.2. The Balaban J connectivity index is 1.39. The molecule has 0 radical (unpaired) electrons. The second-order valence-electron chi connectivity index (χ2n) is 6.88. The summed E-state index contributed by atoms with van der Waals surface area (Å²) in [4.78, 5) is 12.2. The lowest BCUT2D eigenvalue weighted by molar-refractivity contribution is -0.114. The maximum Gasteiger partial charge on any atom is 0.243 e. The maximum atomic E-state index is 12.2. The smallest absolute Gasteiger partial charge is 0.243 e. The number of carbonyl (C=O) groups is 1. The molecule has 2 N–H and O–H groups in total. The van der Waals surface area contributed by atoms with Crippen molar-refractivity contribution in [2.45, 2.75) is 6.42 Å². The van der Waals surface area contributed by atoms with Crippen LogP contribution >= 0.6 is 0 Å². The van der Waals surface area contributed by atoms with Crippen LogP contribution in [0.1, 0.15) is 5.56 Å². The first-order chi connectivity index (χ1) is 15.2. The first-order valence-corrected chi connectivity index (χ1v) is 10.3. The van der Waals surface area contributed by atoms with Crippen molar-refractivity contribution in [1.29, 1.82) is 0 Å². The van der Waals surface area contributed by atoms with Crippen LogP contribution in [-0.2, 0) is 16.0 Å². The van der Waals surface area contributed by atoms with Gasteiger partial charge in [0.2, 0.25) is 5.91 Å². The standard InChI is InChI=1S/C25H28N2O4/c1-29-16-17-31-24-9-5-8-22(18-24)26-19-25(28)27-21-10-12-23(13-11-21)30-15-14-20-6-3-2-4-7-20/h2-13,18,26H,14-17,19H2,1H3,(H,27,28). The summed E-state index contributed by atoms with van der Waals surface area (Å²) in [7, 11) is 1.63. The highest BCUT2D eigenvalue weighted by atomic mass is 16.5. The first-order valence-electron chi connectivity index (χ1n) is 10.3. The van der Waals surface area contributed by atoms with Crippen LogP contribution in [0.2, 0.25) is 0 Å². The molecule has 0 spiro atoms. The van der Waals surface area contributed by atoms with Crippen molar-refractivity contribution in [3.8, 4) is 11.5 Å². The van der Waals surface area contributed by atoms with Crippen LogP contribution in [0.3, 0.4) is 0 Å². The fourth-order valence-electron chi connectivity index (χ4n) is 2.89. The topological polar surface area (TPSA) is 68.8 Å². The number of methoxy groups -OCH3 is 1. The summed E-state index contributed by atoms with van der Waals surface area (Å²) in [6, 6.07) is 25.1. The van der Waals surface area contributed by atoms with Crippen LogP contribution in [0.5, 0.6) is 11.5 Å². The Morgan fingerprint density at radius 1 is 0.774 bits per heavy atom. The number of carbonyl (C=O) groups excluding carboxylic acids is 1. The SMILES string of the molecule is COCCOc1cccc(NCC(=O)Nc2ccc(OCCc3ccccc3)cc2)c1. The molecule has 0 heterocycles. The zero-order valence-corrected chi connectivity index (χ0v) is 17.7. The first kappa shape index (κ1) is 22.2. The Bertz CT molecular complexity index is 930. The molecule has 0 aliphatic carbocycles. The average Bonchev–Trinajstić information content (AvgIpc) is 2.80. The Morgan fingerprint density at radius 2 is 1.55 bits per heavy atom. The molecule has 162 valence electrons. The van der Waals surface area contributed by atoms with Gasteiger partial charge < -0.3 is 24.8 Å². The van der Waals surface area contributed by atoms with Gasteiger partial charge in [-0.25, -0.2) is 0 Å². The summed E-state index contributed by atoms with van der Waals surface area (Å²) >= 11 is 0. The molecular formula is C25H28N2O4. The fraction of sp³-hybridized carbons (Fsp3) is 0.240. The van der Waals surface area contributed by atoms with Gasteiger partial charge in [0.05, 0.1) is 19.8 Å². The normalized spacial score (nSPS) is 10.4. The number of ether oxygens (including phenoxy) is 3. The lowest BCUT2D eigenvalue weighted by Crippen LogP contribution is -2.21. The quantitative estimate of drug-likeness (QED) is 0.426. The second-order valence-corrected chi connectivity index (χ2v) is 6.88. The number of amides is 1. The second kappa shape index (κ2) is 12.2. The highest BCUT2D eigenvalue weighted by Crippen LogP contribution is 2.18. The van der Waals surface area contributed by atoms with Crippen LogP contribution in [0.25, 0.3) is 0 Å². The number of anilines is 2. The van der Waals surface area contributed by atoms with E-state index in [1.165, 1.54) is 5.56 Å². The lowest BCUT2D eigenvalue weighted by Gasteiger charge is -2.11. The van der Waals surface area contributed by atoms with Crippen LogP contribution in [0.4, 0.5) is 11.4 Å². The predicted molar refractivity (Wildman–Crippen MR) is 123 cm³/mol. The summed E-state index contributed by atoms with van der Waals surface area (Å²) in [5, 5.41) is 5.98. The minimum atomic E-state index is -0.136. The molecule has 0 saturated heterocycles. The van der Waals surface area contributed by atoms with E-state index >= 15 is 0 Å². The molecule has 0 atom stereocenters. The average molecular weight is 421 g/mol. The molecule has 1 amide bonds. The van der Waals surface area contributed by atoms with E-state index in [1.54, 1.807) is 7.11 Å². The number of rotatable bonds is 12. The minimum Gasteiger partial charge on any atom is -0.493 e. The molecule has 31 heavy (non-hydrogen) atoms. The van der Waals surface area contributed by atoms with Gasteiger partial charge in [-0.3, -0.25) is 4.79 Å². The number of hydrogen-bond acceptors (Lipinski definition) is 5. The molecule has 6 heteroatoms. The van der Waals surface area contributed by atoms with Crippen LogP contribution < -0.4 is 20.1 Å². The minimum absolute atomic E-state index is 0.136. The van der Waals surface area contributed by atoms with Crippen molar-refractivity contribution in [3.05, 3.63) is 84.4 Å². The van der Waals surface area contributed by atoms with Crippen molar-refractivity contribution in [2.75, 3.05) is 44.1 Å². The summed E-state index contributed by atoms with van der Waals surface area (Å²) in [6.07, 6.45) is 0.851. The van der Waals surface area contributed by atoms with Crippen molar-refractivity contribution >= 4 is 17.3 Å². The Morgan fingerprint density at radius 3 is 2.32 bits per heavy atom. The molecule has 6 nitrogen and oxygen atoms in total. The van der Waals surface area contributed by atoms with E-state index in [2.05, 4.69) is 22.8 Å². The zero-order valence-electron chi connectivity index (χ0n) is 17.7. The third kappa shape index (κ3) is 8.03. The summed E-state index contributed by atoms with van der Waals surface area (Å²) < 4.78 is 16.3. The molecular weight excluding hydrogens is 392 g/mol. The zero-order chi connectivity index (χ0) is 21.7. The van der Waals surface area contributed by atoms with E-state index in [4.69, 9.17) is 14.2 Å². The third-order valence-corrected chi connectivity index (χ3v) is 4.48. The van der Waals surface area contributed by atoms with E-state index < -0.39 is 0 Å². The molecule has 0 fully saturated rings. The highest BCUT2D eigenvalue weighted by Gasteiger charge is 2.04. The van der Waals surface area contributed by atoms with Gasteiger partial charge in [0.1, 0.15) is 18.1 Å². The Labute approximate surface area is 183 Å². The van der Waals surface area contributed by atoms with Gasteiger partial charge in [-0.15, -0.1) is 0 Å². The van der Waals surface area contributed by atoms with Crippen LogP contribution in [-0.4, -0.2) is 39.4 Å². The van der Waals surface area contributed by atoms with Crippen LogP contribution in [0, 0.1) is 0 Å². The summed E-state index contributed by atoms with van der Waals surface area (Å²) in [6.45, 7) is 1.76. The number of nitrogens with one attached hydrogen (secondary N) is 2. The molecule has 3 rings (SSSR count). The molecule has 0 aromatic heterocycles. The molecule has 0 saturated carbocycles. The summed E-state index contributed by atoms with van der Waals surface area (Å²) in [5.41, 5.74) is 2.78. The van der Waals surface area contributed by atoms with Crippen LogP contribution in [0.15, 0.2) is 78.9 Å².